The van der Waals surface area contributed by atoms with E-state index >= 15 is 0 Å². The molecule has 3 N–H and O–H groups in total. The van der Waals surface area contributed by atoms with E-state index in [-0.39, 0.29) is 6.10 Å². The summed E-state index contributed by atoms with van der Waals surface area (Å²) >= 11 is 0. The zero-order valence-corrected chi connectivity index (χ0v) is 9.44. The summed E-state index contributed by atoms with van der Waals surface area (Å²) < 4.78 is 0. The Kier molecular flexibility index (Phi) is 5.86. The number of nitrogens with two attached hydrogens (primary N) is 1. The fraction of sp³-hybridized carbons (Fsp3) is 0.818. The number of nitrogens with zero attached hydrogens (tertiary/aromatic N) is 2. The average molecular weight is 213 g/mol. The van der Waals surface area contributed by atoms with Crippen molar-refractivity contribution in [2.75, 3.05) is 45.8 Å². The molecule has 1 heterocycles. The molecule has 4 nitrogen and oxygen atoms in total. The third-order valence-corrected chi connectivity index (χ3v) is 2.82. The fourth-order valence-electron chi connectivity index (χ4n) is 1.92. The average Bonchev–Trinajstić information content (AvgIpc) is 2.22. The van der Waals surface area contributed by atoms with E-state index in [9.17, 15) is 5.11 Å². The largest absolute Gasteiger partial charge is 0.392 e. The van der Waals surface area contributed by atoms with Crippen molar-refractivity contribution in [3.63, 3.8) is 0 Å². The highest BCUT2D eigenvalue weighted by atomic mass is 16.3. The summed E-state index contributed by atoms with van der Waals surface area (Å²) in [7, 11) is 0. The fourth-order valence-corrected chi connectivity index (χ4v) is 1.92. The first kappa shape index (κ1) is 12.6. The van der Waals surface area contributed by atoms with Crippen LogP contribution in [0.5, 0.6) is 0 Å². The lowest BCUT2D eigenvalue weighted by molar-refractivity contribution is 0.0734. The number of rotatable bonds is 6. The maximum atomic E-state index is 9.62. The number of aliphatic hydroxyl groups excluding tert-OH is 1. The molecule has 1 aliphatic rings. The first-order valence-electron chi connectivity index (χ1n) is 5.70. The second-order valence-electron chi connectivity index (χ2n) is 4.12. The normalized spacial score (nSPS) is 21.5. The molecule has 1 rings (SSSR count). The molecule has 1 aliphatic heterocycles. The van der Waals surface area contributed by atoms with Crippen LogP contribution >= 0.6 is 0 Å². The van der Waals surface area contributed by atoms with E-state index in [4.69, 9.17) is 5.73 Å². The number of β-amino-alcohol motifs (C(OH)–C–C–N with tert-alkyl or cyclic N) is 1. The zero-order valence-electron chi connectivity index (χ0n) is 9.44. The van der Waals surface area contributed by atoms with Crippen LogP contribution in [0.1, 0.15) is 6.42 Å². The Morgan fingerprint density at radius 1 is 1.27 bits per heavy atom. The minimum absolute atomic E-state index is 0.263. The molecule has 0 aromatic rings. The van der Waals surface area contributed by atoms with E-state index in [1.165, 1.54) is 0 Å². The molecule has 0 saturated carbocycles. The Morgan fingerprint density at radius 3 is 2.40 bits per heavy atom. The van der Waals surface area contributed by atoms with Crippen LogP contribution in [0, 0.1) is 0 Å². The molecule has 1 atom stereocenters. The quantitative estimate of drug-likeness (QED) is 0.584. The molecule has 1 saturated heterocycles. The zero-order chi connectivity index (χ0) is 11.1. The van der Waals surface area contributed by atoms with E-state index in [1.54, 1.807) is 0 Å². The summed E-state index contributed by atoms with van der Waals surface area (Å²) in [5, 5.41) is 9.62. The third kappa shape index (κ3) is 4.75. The van der Waals surface area contributed by atoms with Crippen molar-refractivity contribution in [1.29, 1.82) is 0 Å². The smallest absolute Gasteiger partial charge is 0.0679 e. The molecule has 0 aromatic carbocycles. The Balaban J connectivity index is 2.16. The number of piperazine rings is 1. The first-order chi connectivity index (χ1) is 7.26. The predicted octanol–water partition coefficient (Wildman–Crippen LogP) is -0.500. The lowest BCUT2D eigenvalue weighted by Crippen LogP contribution is -2.48. The molecule has 15 heavy (non-hydrogen) atoms. The van der Waals surface area contributed by atoms with E-state index in [1.807, 2.05) is 6.08 Å². The van der Waals surface area contributed by atoms with Gasteiger partial charge in [0, 0.05) is 39.3 Å². The second kappa shape index (κ2) is 6.95. The van der Waals surface area contributed by atoms with E-state index in [0.717, 1.165) is 39.3 Å². The van der Waals surface area contributed by atoms with Crippen molar-refractivity contribution in [2.24, 2.45) is 5.73 Å². The molecule has 4 heteroatoms. The molecular weight excluding hydrogens is 190 g/mol. The van der Waals surface area contributed by atoms with Gasteiger partial charge in [0.1, 0.15) is 0 Å². The maximum absolute atomic E-state index is 9.62. The summed E-state index contributed by atoms with van der Waals surface area (Å²) in [6.45, 7) is 10.3. The standard InChI is InChI=1S/C11H23N3O/c1-2-5-13-6-8-14(9-7-13)10-11(15)3-4-12/h2,11,15H,1,3-10,12H2. The van der Waals surface area contributed by atoms with Crippen molar-refractivity contribution < 1.29 is 5.11 Å². The van der Waals surface area contributed by atoms with Crippen LogP contribution in [0.15, 0.2) is 12.7 Å². The molecule has 1 unspecified atom stereocenters. The predicted molar refractivity (Wildman–Crippen MR) is 62.8 cm³/mol. The van der Waals surface area contributed by atoms with Gasteiger partial charge in [-0.3, -0.25) is 9.80 Å². The molecule has 0 spiro atoms. The highest BCUT2D eigenvalue weighted by Crippen LogP contribution is 2.03. The van der Waals surface area contributed by atoms with Crippen LogP contribution in [-0.2, 0) is 0 Å². The van der Waals surface area contributed by atoms with Crippen LogP contribution in [-0.4, -0.2) is 66.8 Å². The molecule has 0 radical (unpaired) electrons. The van der Waals surface area contributed by atoms with Crippen LogP contribution < -0.4 is 5.73 Å². The molecule has 0 aliphatic carbocycles. The van der Waals surface area contributed by atoms with Gasteiger partial charge in [0.05, 0.1) is 6.10 Å². The summed E-state index contributed by atoms with van der Waals surface area (Å²) in [6, 6.07) is 0. The van der Waals surface area contributed by atoms with E-state index < -0.39 is 0 Å². The summed E-state index contributed by atoms with van der Waals surface area (Å²) in [5.74, 6) is 0. The SMILES string of the molecule is C=CCN1CCN(CC(O)CCN)CC1. The van der Waals surface area contributed by atoms with Gasteiger partial charge >= 0.3 is 0 Å². The van der Waals surface area contributed by atoms with Gasteiger partial charge in [-0.1, -0.05) is 6.08 Å². The second-order valence-corrected chi connectivity index (χ2v) is 4.12. The highest BCUT2D eigenvalue weighted by molar-refractivity contribution is 4.79. The maximum Gasteiger partial charge on any atom is 0.0679 e. The van der Waals surface area contributed by atoms with Gasteiger partial charge in [-0.25, -0.2) is 0 Å². The van der Waals surface area contributed by atoms with Gasteiger partial charge in [-0.05, 0) is 13.0 Å². The van der Waals surface area contributed by atoms with E-state index in [0.29, 0.717) is 13.0 Å². The van der Waals surface area contributed by atoms with Crippen molar-refractivity contribution in [3.8, 4) is 0 Å². The van der Waals surface area contributed by atoms with Crippen LogP contribution in [0.4, 0.5) is 0 Å². The van der Waals surface area contributed by atoms with Gasteiger partial charge < -0.3 is 10.8 Å². The molecule has 0 aromatic heterocycles. The van der Waals surface area contributed by atoms with Crippen molar-refractivity contribution in [2.45, 2.75) is 12.5 Å². The van der Waals surface area contributed by atoms with E-state index in [2.05, 4.69) is 16.4 Å². The van der Waals surface area contributed by atoms with Gasteiger partial charge in [0.25, 0.3) is 0 Å². The third-order valence-electron chi connectivity index (χ3n) is 2.82. The molecule has 0 bridgehead atoms. The Labute approximate surface area is 92.3 Å². The van der Waals surface area contributed by atoms with Gasteiger partial charge in [-0.2, -0.15) is 0 Å². The number of hydrogen-bond acceptors (Lipinski definition) is 4. The van der Waals surface area contributed by atoms with Gasteiger partial charge in [0.2, 0.25) is 0 Å². The molecule has 1 fully saturated rings. The van der Waals surface area contributed by atoms with Crippen LogP contribution in [0.25, 0.3) is 0 Å². The monoisotopic (exact) mass is 213 g/mol. The van der Waals surface area contributed by atoms with Crippen molar-refractivity contribution in [3.05, 3.63) is 12.7 Å². The lowest BCUT2D eigenvalue weighted by atomic mass is 10.2. The minimum Gasteiger partial charge on any atom is -0.392 e. The van der Waals surface area contributed by atoms with Crippen molar-refractivity contribution >= 4 is 0 Å². The van der Waals surface area contributed by atoms with Gasteiger partial charge in [0.15, 0.2) is 0 Å². The molecular formula is C11H23N3O. The lowest BCUT2D eigenvalue weighted by Gasteiger charge is -2.35. The number of hydrogen-bond donors (Lipinski definition) is 2. The number of aliphatic hydroxyl groups is 1. The van der Waals surface area contributed by atoms with Crippen LogP contribution in [0.3, 0.4) is 0 Å². The Morgan fingerprint density at radius 2 is 1.87 bits per heavy atom. The topological polar surface area (TPSA) is 52.7 Å². The molecule has 0 amide bonds. The molecule has 88 valence electrons. The minimum atomic E-state index is -0.263. The van der Waals surface area contributed by atoms with Crippen molar-refractivity contribution in [1.82, 2.24) is 9.80 Å². The summed E-state index contributed by atoms with van der Waals surface area (Å²) in [5.41, 5.74) is 5.40. The first-order valence-corrected chi connectivity index (χ1v) is 5.70. The Hall–Kier alpha value is -0.420. The van der Waals surface area contributed by atoms with Crippen LogP contribution in [0.2, 0.25) is 0 Å². The van der Waals surface area contributed by atoms with Gasteiger partial charge in [-0.15, -0.1) is 6.58 Å². The Bertz CT molecular complexity index is 179. The highest BCUT2D eigenvalue weighted by Gasteiger charge is 2.17. The summed E-state index contributed by atoms with van der Waals surface area (Å²) in [6.07, 6.45) is 2.38. The summed E-state index contributed by atoms with van der Waals surface area (Å²) in [4.78, 5) is 4.68.